The van der Waals surface area contributed by atoms with Gasteiger partial charge < -0.3 is 0 Å². The van der Waals surface area contributed by atoms with Crippen LogP contribution in [0.4, 0.5) is 0 Å². The summed E-state index contributed by atoms with van der Waals surface area (Å²) in [5.41, 5.74) is 0. The largest absolute Gasteiger partial charge is 0.296 e. The molecule has 0 aliphatic heterocycles. The van der Waals surface area contributed by atoms with Gasteiger partial charge in [-0.05, 0) is 19.7 Å². The molecule has 0 saturated carbocycles. The first-order valence-electron chi connectivity index (χ1n) is 2.78. The molecule has 0 saturated heterocycles. The Morgan fingerprint density at radius 3 is 2.45 bits per heavy atom. The molecular formula is C6H9NO3S. The summed E-state index contributed by atoms with van der Waals surface area (Å²) in [6.07, 6.45) is 3.67. The van der Waals surface area contributed by atoms with Gasteiger partial charge in [0.1, 0.15) is 4.91 Å². The highest BCUT2D eigenvalue weighted by Crippen LogP contribution is 2.05. The van der Waals surface area contributed by atoms with Gasteiger partial charge in [-0.2, -0.15) is 8.42 Å². The third kappa shape index (κ3) is 3.69. The smallest absolute Gasteiger partial charge is 0.282 e. The van der Waals surface area contributed by atoms with Gasteiger partial charge in [-0.15, -0.1) is 0 Å². The van der Waals surface area contributed by atoms with E-state index < -0.39 is 10.1 Å². The first kappa shape index (κ1) is 10.1. The number of rotatable bonds is 3. The average Bonchev–Trinajstić information content (AvgIpc) is 1.85. The van der Waals surface area contributed by atoms with E-state index in [2.05, 4.69) is 11.7 Å². The number of hydrogen-bond acceptors (Lipinski definition) is 3. The molecule has 0 radical (unpaired) electrons. The maximum Gasteiger partial charge on any atom is 0.296 e. The van der Waals surface area contributed by atoms with Gasteiger partial charge in [-0.3, -0.25) is 9.55 Å². The zero-order valence-electron chi connectivity index (χ0n) is 6.06. The van der Waals surface area contributed by atoms with Crippen LogP contribution >= 0.6 is 0 Å². The second-order valence-corrected chi connectivity index (χ2v) is 3.11. The van der Waals surface area contributed by atoms with E-state index in [0.29, 0.717) is 0 Å². The van der Waals surface area contributed by atoms with Crippen LogP contribution in [0.3, 0.4) is 0 Å². The van der Waals surface area contributed by atoms with Crippen molar-refractivity contribution < 1.29 is 13.0 Å². The lowest BCUT2D eigenvalue weighted by molar-refractivity contribution is 0.492. The van der Waals surface area contributed by atoms with Crippen LogP contribution in [-0.4, -0.2) is 19.7 Å². The summed E-state index contributed by atoms with van der Waals surface area (Å²) in [5.74, 6) is 0. The molecule has 0 fully saturated rings. The highest BCUT2D eigenvalue weighted by Gasteiger charge is 2.08. The number of nitrogens with zero attached hydrogens (tertiary/aromatic N) is 1. The molecule has 0 bridgehead atoms. The van der Waals surface area contributed by atoms with Crippen molar-refractivity contribution in [3.63, 3.8) is 0 Å². The average molecular weight is 175 g/mol. The van der Waals surface area contributed by atoms with E-state index in [1.165, 1.54) is 12.2 Å². The summed E-state index contributed by atoms with van der Waals surface area (Å²) in [7, 11) is -4.15. The van der Waals surface area contributed by atoms with Crippen LogP contribution in [0.25, 0.3) is 0 Å². The number of hydrogen-bond donors (Lipinski definition) is 1. The fourth-order valence-corrected chi connectivity index (χ4v) is 0.966. The minimum atomic E-state index is -4.15. The predicted octanol–water partition coefficient (Wildman–Crippen LogP) is 0.992. The molecule has 0 aromatic rings. The minimum absolute atomic E-state index is 0.269. The summed E-state index contributed by atoms with van der Waals surface area (Å²) in [4.78, 5) is 2.95. The quantitative estimate of drug-likeness (QED) is 0.395. The molecule has 0 heterocycles. The fourth-order valence-electron chi connectivity index (χ4n) is 0.450. The van der Waals surface area contributed by atoms with Crippen molar-refractivity contribution in [3.8, 4) is 0 Å². The second-order valence-electron chi connectivity index (χ2n) is 1.69. The molecule has 0 amide bonds. The molecule has 0 spiro atoms. The van der Waals surface area contributed by atoms with Crippen molar-refractivity contribution >= 4 is 16.8 Å². The number of allylic oxidation sites excluding steroid dienone is 2. The SMILES string of the molecule is C=N/C=C(\C=C/C)S(=O)(=O)O. The molecule has 0 rings (SSSR count). The molecule has 0 aliphatic rings. The van der Waals surface area contributed by atoms with E-state index in [1.54, 1.807) is 6.92 Å². The van der Waals surface area contributed by atoms with Crippen molar-refractivity contribution in [2.45, 2.75) is 6.92 Å². The summed E-state index contributed by atoms with van der Waals surface area (Å²) < 4.78 is 29.4. The molecule has 11 heavy (non-hydrogen) atoms. The maximum absolute atomic E-state index is 10.5. The predicted molar refractivity (Wildman–Crippen MR) is 44.0 cm³/mol. The molecule has 0 aliphatic carbocycles. The Morgan fingerprint density at radius 2 is 2.18 bits per heavy atom. The molecule has 0 aromatic carbocycles. The first-order valence-corrected chi connectivity index (χ1v) is 4.22. The molecule has 4 nitrogen and oxygen atoms in total. The van der Waals surface area contributed by atoms with Crippen LogP contribution in [-0.2, 0) is 10.1 Å². The molecular weight excluding hydrogens is 166 g/mol. The Bertz CT molecular complexity index is 287. The maximum atomic E-state index is 10.5. The second kappa shape index (κ2) is 4.05. The third-order valence-electron chi connectivity index (χ3n) is 0.847. The van der Waals surface area contributed by atoms with Gasteiger partial charge >= 0.3 is 0 Å². The van der Waals surface area contributed by atoms with Crippen molar-refractivity contribution in [2.75, 3.05) is 0 Å². The van der Waals surface area contributed by atoms with E-state index in [9.17, 15) is 8.42 Å². The molecule has 62 valence electrons. The van der Waals surface area contributed by atoms with E-state index in [4.69, 9.17) is 4.55 Å². The molecule has 0 atom stereocenters. The van der Waals surface area contributed by atoms with Crippen molar-refractivity contribution in [1.82, 2.24) is 0 Å². The Kier molecular flexibility index (Phi) is 3.70. The Labute approximate surface area is 65.7 Å². The monoisotopic (exact) mass is 175 g/mol. The van der Waals surface area contributed by atoms with Crippen LogP contribution in [0.2, 0.25) is 0 Å². The van der Waals surface area contributed by atoms with Crippen LogP contribution in [0.15, 0.2) is 28.2 Å². The zero-order chi connectivity index (χ0) is 8.91. The lowest BCUT2D eigenvalue weighted by Gasteiger charge is -1.92. The summed E-state index contributed by atoms with van der Waals surface area (Å²) >= 11 is 0. The van der Waals surface area contributed by atoms with E-state index in [1.807, 2.05) is 0 Å². The molecule has 1 N–H and O–H groups in total. The first-order chi connectivity index (χ1) is 5.02. The summed E-state index contributed by atoms with van der Waals surface area (Å²) in [6.45, 7) is 4.69. The van der Waals surface area contributed by atoms with Gasteiger partial charge in [0.15, 0.2) is 0 Å². The van der Waals surface area contributed by atoms with Crippen molar-refractivity contribution in [3.05, 3.63) is 23.3 Å². The van der Waals surface area contributed by atoms with Gasteiger partial charge in [-0.25, -0.2) is 0 Å². The highest BCUT2D eigenvalue weighted by atomic mass is 32.2. The lowest BCUT2D eigenvalue weighted by Crippen LogP contribution is -1.98. The van der Waals surface area contributed by atoms with Gasteiger partial charge in [-0.1, -0.05) is 6.08 Å². The Balaban J connectivity index is 4.93. The van der Waals surface area contributed by atoms with Gasteiger partial charge in [0.05, 0.1) is 0 Å². The van der Waals surface area contributed by atoms with Crippen LogP contribution in [0, 0.1) is 0 Å². The molecule has 0 aromatic heterocycles. The highest BCUT2D eigenvalue weighted by molar-refractivity contribution is 7.90. The van der Waals surface area contributed by atoms with Crippen LogP contribution in [0.1, 0.15) is 6.92 Å². The third-order valence-corrected chi connectivity index (χ3v) is 1.68. The van der Waals surface area contributed by atoms with Gasteiger partial charge in [0.2, 0.25) is 0 Å². The fraction of sp³-hybridized carbons (Fsp3) is 0.167. The zero-order valence-corrected chi connectivity index (χ0v) is 6.87. The molecule has 0 unspecified atom stereocenters. The summed E-state index contributed by atoms with van der Waals surface area (Å²) in [5, 5.41) is 0. The van der Waals surface area contributed by atoms with E-state index in [0.717, 1.165) is 6.20 Å². The van der Waals surface area contributed by atoms with E-state index >= 15 is 0 Å². The number of aliphatic imine (C=N–C) groups is 1. The normalized spacial score (nSPS) is 13.8. The van der Waals surface area contributed by atoms with Crippen molar-refractivity contribution in [2.24, 2.45) is 4.99 Å². The van der Waals surface area contributed by atoms with Crippen LogP contribution < -0.4 is 0 Å². The topological polar surface area (TPSA) is 66.7 Å². The van der Waals surface area contributed by atoms with Gasteiger partial charge in [0.25, 0.3) is 10.1 Å². The van der Waals surface area contributed by atoms with Crippen molar-refractivity contribution in [1.29, 1.82) is 0 Å². The lowest BCUT2D eigenvalue weighted by atomic mass is 10.5. The van der Waals surface area contributed by atoms with E-state index in [-0.39, 0.29) is 4.91 Å². The molecule has 5 heteroatoms. The van der Waals surface area contributed by atoms with Crippen LogP contribution in [0.5, 0.6) is 0 Å². The Hall–Kier alpha value is -0.940. The Morgan fingerprint density at radius 1 is 1.64 bits per heavy atom. The minimum Gasteiger partial charge on any atom is -0.282 e. The summed E-state index contributed by atoms with van der Waals surface area (Å²) in [6, 6.07) is 0. The van der Waals surface area contributed by atoms with Gasteiger partial charge in [0, 0.05) is 6.20 Å². The standard InChI is InChI=1S/C6H9NO3S/c1-3-4-6(5-7-2)11(8,9)10/h3-5H,2H2,1H3,(H,8,9,10)/b4-3-,6-5+.